The first kappa shape index (κ1) is 19.2. The molecule has 2 spiro atoms. The molecular formula is C42H26N2. The lowest BCUT2D eigenvalue weighted by Gasteiger charge is -2.57. The molecular weight excluding hydrogens is 532 g/mol. The van der Waals surface area contributed by atoms with Crippen LogP contribution in [-0.4, -0.2) is 0 Å². The van der Waals surface area contributed by atoms with Crippen LogP contribution in [0.1, 0.15) is 0 Å². The van der Waals surface area contributed by atoms with Crippen LogP contribution in [-0.2, 0) is 0 Å². The molecule has 0 amide bonds. The van der Waals surface area contributed by atoms with E-state index in [-0.39, 0.29) is 10.8 Å². The summed E-state index contributed by atoms with van der Waals surface area (Å²) in [6.45, 7) is 0. The largest absolute Gasteiger partial charge is 0.198 e. The first-order valence-electron chi connectivity index (χ1n) is 18.1. The number of rotatable bonds is 0. The predicted molar refractivity (Wildman–Crippen MR) is 155 cm³/mol. The quantitative estimate of drug-likeness (QED) is 0.341. The van der Waals surface area contributed by atoms with Gasteiger partial charge in [0.15, 0.2) is 0 Å². The minimum atomic E-state index is -0.448. The Hall–Kier alpha value is -3.36. The van der Waals surface area contributed by atoms with Gasteiger partial charge in [-0.25, -0.2) is 0 Å². The summed E-state index contributed by atoms with van der Waals surface area (Å²) >= 11 is 0. The van der Waals surface area contributed by atoms with E-state index in [9.17, 15) is 10.5 Å². The highest BCUT2D eigenvalue weighted by Gasteiger charge is 3.20. The highest BCUT2D eigenvalue weighted by Crippen LogP contribution is 3.19. The van der Waals surface area contributed by atoms with E-state index in [1.165, 1.54) is 0 Å². The van der Waals surface area contributed by atoms with Gasteiger partial charge in [0.25, 0.3) is 0 Å². The standard InChI is InChI=1S/C42H26N2/c43-9-39-37-17-7-5-15-13-3-1-11-12-2-4-14-16-6-8-18-26-24(16)29-22(14)20(12)27-19(11)21(13)28-23(15)25(17)35-33-31(28)30(27)32(29)34(33)36(26)42(41(35,37)39)38(18)40(39,42)10-44/h1-8,11-26,37-38H. The molecule has 9 fully saturated rings. The zero-order chi connectivity index (χ0) is 27.2. The van der Waals surface area contributed by atoms with Gasteiger partial charge in [-0.05, 0) is 146 Å². The van der Waals surface area contributed by atoms with Crippen molar-refractivity contribution in [3.05, 3.63) is 104 Å². The monoisotopic (exact) mass is 558 g/mol. The molecule has 2 heteroatoms. The highest BCUT2D eigenvalue weighted by atomic mass is 15.2. The lowest BCUT2D eigenvalue weighted by atomic mass is 9.43. The summed E-state index contributed by atoms with van der Waals surface area (Å²) in [6.07, 6.45) is 21.7. The fraction of sp³-hybridized carbons (Fsp3) is 0.524. The van der Waals surface area contributed by atoms with Crippen molar-refractivity contribution in [2.24, 2.45) is 128 Å². The normalized spacial score (nSPS) is 73.0. The van der Waals surface area contributed by atoms with Crippen molar-refractivity contribution in [1.82, 2.24) is 0 Å². The van der Waals surface area contributed by atoms with E-state index in [1.807, 2.05) is 16.7 Å². The minimum Gasteiger partial charge on any atom is -0.198 e. The van der Waals surface area contributed by atoms with Gasteiger partial charge in [-0.15, -0.1) is 0 Å². The van der Waals surface area contributed by atoms with Crippen molar-refractivity contribution < 1.29 is 0 Å². The predicted octanol–water partition coefficient (Wildman–Crippen LogP) is 6.02. The van der Waals surface area contributed by atoms with E-state index in [2.05, 4.69) is 60.7 Å². The summed E-state index contributed by atoms with van der Waals surface area (Å²) < 4.78 is 0. The summed E-state index contributed by atoms with van der Waals surface area (Å²) in [4.78, 5) is 0. The molecule has 18 aliphatic rings. The van der Waals surface area contributed by atoms with Crippen LogP contribution >= 0.6 is 0 Å². The fourth-order valence-electron chi connectivity index (χ4n) is 20.8. The molecule has 22 atom stereocenters. The van der Waals surface area contributed by atoms with E-state index >= 15 is 0 Å². The molecule has 22 unspecified atom stereocenters. The summed E-state index contributed by atoms with van der Waals surface area (Å²) in [5.74, 6) is 10.8. The van der Waals surface area contributed by atoms with Crippen LogP contribution in [0.2, 0.25) is 0 Å². The highest BCUT2D eigenvalue weighted by molar-refractivity contribution is 5.96. The third kappa shape index (κ3) is 1.03. The third-order valence-electron chi connectivity index (χ3n) is 20.1. The van der Waals surface area contributed by atoms with Crippen molar-refractivity contribution in [3.63, 3.8) is 0 Å². The number of nitriles is 2. The van der Waals surface area contributed by atoms with Crippen LogP contribution in [0, 0.1) is 151 Å². The molecule has 44 heavy (non-hydrogen) atoms. The average molecular weight is 559 g/mol. The topological polar surface area (TPSA) is 47.6 Å². The van der Waals surface area contributed by atoms with Crippen molar-refractivity contribution in [3.8, 4) is 12.1 Å². The number of allylic oxidation sites excluding steroid dienone is 18. The molecule has 0 saturated heterocycles. The maximum Gasteiger partial charge on any atom is 0.0921 e. The number of hydrogen-bond acceptors (Lipinski definition) is 2. The van der Waals surface area contributed by atoms with Gasteiger partial charge in [-0.3, -0.25) is 0 Å². The Labute approximate surface area is 254 Å². The average Bonchev–Trinajstić information content (AvgIpc) is 3.48. The van der Waals surface area contributed by atoms with E-state index < -0.39 is 10.8 Å². The van der Waals surface area contributed by atoms with Gasteiger partial charge < -0.3 is 0 Å². The first-order chi connectivity index (χ1) is 21.8. The van der Waals surface area contributed by atoms with E-state index in [1.54, 1.807) is 39.0 Å². The smallest absolute Gasteiger partial charge is 0.0921 e. The summed E-state index contributed by atoms with van der Waals surface area (Å²) in [7, 11) is 0. The third-order valence-corrected chi connectivity index (χ3v) is 20.1. The van der Waals surface area contributed by atoms with Gasteiger partial charge in [-0.1, -0.05) is 65.3 Å². The van der Waals surface area contributed by atoms with Crippen molar-refractivity contribution in [2.75, 3.05) is 0 Å². The van der Waals surface area contributed by atoms with Crippen LogP contribution in [0.15, 0.2) is 104 Å². The number of nitrogens with zero attached hydrogens (tertiary/aromatic N) is 2. The van der Waals surface area contributed by atoms with Gasteiger partial charge >= 0.3 is 0 Å². The second-order valence-corrected chi connectivity index (χ2v) is 18.8. The molecule has 2 nitrogen and oxygen atoms in total. The van der Waals surface area contributed by atoms with Gasteiger partial charge in [0.1, 0.15) is 0 Å². The van der Waals surface area contributed by atoms with Crippen LogP contribution in [0.25, 0.3) is 0 Å². The number of fused-ring (bicyclic) bond motifs is 8. The summed E-state index contributed by atoms with van der Waals surface area (Å²) in [6, 6.07) is 6.18. The van der Waals surface area contributed by atoms with Gasteiger partial charge in [-0.2, -0.15) is 10.5 Å². The van der Waals surface area contributed by atoms with E-state index in [4.69, 9.17) is 0 Å². The van der Waals surface area contributed by atoms with Crippen LogP contribution in [0.4, 0.5) is 0 Å². The van der Waals surface area contributed by atoms with Gasteiger partial charge in [0.2, 0.25) is 0 Å². The molecule has 9 saturated carbocycles. The molecule has 0 bridgehead atoms. The number of hydrogen-bond donors (Lipinski definition) is 0. The van der Waals surface area contributed by atoms with Crippen LogP contribution < -0.4 is 0 Å². The molecule has 0 aromatic heterocycles. The summed E-state index contributed by atoms with van der Waals surface area (Å²) in [5.41, 5.74) is 17.2. The molecule has 0 aromatic rings. The SMILES string of the molecule is N#CC12C3C4C=CC5C6C=CC7C8C=CC9C%10C=CC%11C%12C%13=C%14C%15=C(C9C8C8=C%15C9=C(C6C87)C5C4C(=C9%14)C31C%131C%11C21C#N)C%10%12. The van der Waals surface area contributed by atoms with Crippen molar-refractivity contribution in [1.29, 1.82) is 10.5 Å². The Kier molecular flexibility index (Phi) is 1.97. The Balaban J connectivity index is 1.14. The lowest BCUT2D eigenvalue weighted by molar-refractivity contribution is 0.0685. The fourth-order valence-corrected chi connectivity index (χ4v) is 20.8. The second kappa shape index (κ2) is 4.50. The molecule has 0 aliphatic heterocycles. The molecule has 204 valence electrons. The Morgan fingerprint density at radius 1 is 0.386 bits per heavy atom. The Morgan fingerprint density at radius 2 is 0.682 bits per heavy atom. The molecule has 0 radical (unpaired) electrons. The minimum absolute atomic E-state index is 0.0388. The first-order valence-corrected chi connectivity index (χ1v) is 18.1. The molecule has 18 rings (SSSR count). The van der Waals surface area contributed by atoms with E-state index in [0.29, 0.717) is 107 Å². The zero-order valence-corrected chi connectivity index (χ0v) is 23.9. The van der Waals surface area contributed by atoms with Crippen LogP contribution in [0.5, 0.6) is 0 Å². The Morgan fingerprint density at radius 3 is 1.02 bits per heavy atom. The van der Waals surface area contributed by atoms with Gasteiger partial charge in [0, 0.05) is 10.8 Å². The van der Waals surface area contributed by atoms with Crippen molar-refractivity contribution in [2.45, 2.75) is 0 Å². The lowest BCUT2D eigenvalue weighted by Crippen LogP contribution is -2.55. The van der Waals surface area contributed by atoms with Gasteiger partial charge in [0.05, 0.1) is 23.0 Å². The molecule has 0 N–H and O–H groups in total. The molecule has 0 heterocycles. The summed E-state index contributed by atoms with van der Waals surface area (Å²) in [5, 5.41) is 22.8. The Bertz CT molecular complexity index is 2210. The second-order valence-electron chi connectivity index (χ2n) is 18.8. The van der Waals surface area contributed by atoms with E-state index in [0.717, 1.165) is 0 Å². The molecule has 18 aliphatic carbocycles. The maximum atomic E-state index is 11.4. The van der Waals surface area contributed by atoms with Crippen LogP contribution in [0.3, 0.4) is 0 Å². The zero-order valence-electron chi connectivity index (χ0n) is 23.9. The van der Waals surface area contributed by atoms with Crippen molar-refractivity contribution >= 4 is 0 Å². The molecule has 0 aromatic carbocycles. The maximum absolute atomic E-state index is 11.4.